The predicted molar refractivity (Wildman–Crippen MR) is 119 cm³/mol. The van der Waals surface area contributed by atoms with Crippen LogP contribution in [0.2, 0.25) is 0 Å². The Hall–Kier alpha value is -2.59. The van der Waals surface area contributed by atoms with Gasteiger partial charge in [-0.15, -0.1) is 11.3 Å². The lowest BCUT2D eigenvalue weighted by molar-refractivity contribution is 0.420. The molecule has 4 rings (SSSR count). The number of thiazole rings is 1. The average molecular weight is 463 g/mol. The van der Waals surface area contributed by atoms with Crippen LogP contribution < -0.4 is 11.2 Å². The number of aliphatic imine (C=N–C) groups is 1. The average Bonchev–Trinajstić information content (AvgIpc) is 3.50. The molecular formula is C20H23ClN6O3S. The third-order valence-electron chi connectivity index (χ3n) is 5.14. The molecule has 0 saturated carbocycles. The van der Waals surface area contributed by atoms with E-state index in [0.717, 1.165) is 19.3 Å². The molecule has 0 bridgehead atoms. The lowest BCUT2D eigenvalue weighted by Crippen LogP contribution is -2.41. The van der Waals surface area contributed by atoms with E-state index in [1.54, 1.807) is 10.8 Å². The first-order chi connectivity index (χ1) is 15.1. The van der Waals surface area contributed by atoms with Crippen LogP contribution in [0.25, 0.3) is 10.9 Å². The predicted octanol–water partition coefficient (Wildman–Crippen LogP) is 3.55. The molecule has 4 heterocycles. The van der Waals surface area contributed by atoms with Gasteiger partial charge in [0.15, 0.2) is 10.8 Å². The number of rotatable bonds is 10. The Morgan fingerprint density at radius 2 is 1.97 bits per heavy atom. The lowest BCUT2D eigenvalue weighted by atomic mass is 10.2. The maximum absolute atomic E-state index is 13.0. The third kappa shape index (κ3) is 4.69. The number of hydrogen-bond donors (Lipinski definition) is 0. The van der Waals surface area contributed by atoms with Crippen LogP contribution in [-0.4, -0.2) is 29.4 Å². The van der Waals surface area contributed by atoms with Crippen LogP contribution in [0, 0.1) is 0 Å². The molecule has 0 N–H and O–H groups in total. The summed E-state index contributed by atoms with van der Waals surface area (Å²) in [6.45, 7) is 2.96. The second-order valence-electron chi connectivity index (χ2n) is 7.38. The van der Waals surface area contributed by atoms with Gasteiger partial charge in [-0.2, -0.15) is 4.98 Å². The highest BCUT2D eigenvalue weighted by molar-refractivity contribution is 7.12. The van der Waals surface area contributed by atoms with Crippen LogP contribution >= 0.6 is 22.9 Å². The maximum atomic E-state index is 13.0. The fraction of sp³-hybridized carbons (Fsp3) is 0.500. The number of aromatic nitrogens is 5. The minimum absolute atomic E-state index is 0.284. The van der Waals surface area contributed by atoms with Crippen molar-refractivity contribution in [2.45, 2.75) is 65.0 Å². The quantitative estimate of drug-likeness (QED) is 0.426. The number of hydrogen-bond acceptors (Lipinski definition) is 8. The molecule has 164 valence electrons. The van der Waals surface area contributed by atoms with Gasteiger partial charge < -0.3 is 4.52 Å². The number of unbranched alkanes of at least 4 members (excludes halogenated alkanes) is 3. The fourth-order valence-corrected chi connectivity index (χ4v) is 4.34. The van der Waals surface area contributed by atoms with Gasteiger partial charge in [0.1, 0.15) is 11.0 Å². The molecule has 1 aliphatic heterocycles. The van der Waals surface area contributed by atoms with E-state index < -0.39 is 0 Å². The summed E-state index contributed by atoms with van der Waals surface area (Å²) in [4.78, 5) is 38.7. The third-order valence-corrected chi connectivity index (χ3v) is 6.12. The Kier molecular flexibility index (Phi) is 6.77. The number of nitrogens with zero attached hydrogens (tertiary/aromatic N) is 6. The molecule has 3 aromatic heterocycles. The van der Waals surface area contributed by atoms with Crippen LogP contribution in [0.4, 0.5) is 5.82 Å². The molecule has 0 spiro atoms. The van der Waals surface area contributed by atoms with Crippen molar-refractivity contribution in [3.05, 3.63) is 43.8 Å². The Labute approximate surface area is 187 Å². The monoisotopic (exact) mass is 462 g/mol. The van der Waals surface area contributed by atoms with E-state index in [2.05, 4.69) is 27.0 Å². The fourth-order valence-electron chi connectivity index (χ4n) is 3.57. The van der Waals surface area contributed by atoms with Crippen molar-refractivity contribution in [2.24, 2.45) is 4.99 Å². The van der Waals surface area contributed by atoms with E-state index in [1.807, 2.05) is 5.38 Å². The Morgan fingerprint density at radius 1 is 1.16 bits per heavy atom. The highest BCUT2D eigenvalue weighted by Gasteiger charge is 2.24. The number of fused-ring (bicyclic) bond motifs is 1. The van der Waals surface area contributed by atoms with Crippen LogP contribution in [0.1, 0.15) is 50.4 Å². The minimum Gasteiger partial charge on any atom is -0.331 e. The number of aryl methyl sites for hydroxylation is 1. The molecular weight excluding hydrogens is 440 g/mol. The highest BCUT2D eigenvalue weighted by Crippen LogP contribution is 2.24. The van der Waals surface area contributed by atoms with Crippen molar-refractivity contribution >= 4 is 33.9 Å². The van der Waals surface area contributed by atoms with Crippen LogP contribution in [0.15, 0.2) is 30.7 Å². The van der Waals surface area contributed by atoms with Crippen LogP contribution in [-0.2, 0) is 25.9 Å². The molecule has 0 amide bonds. The number of halogens is 1. The zero-order chi connectivity index (χ0) is 21.8. The summed E-state index contributed by atoms with van der Waals surface area (Å²) < 4.78 is 8.15. The van der Waals surface area contributed by atoms with Gasteiger partial charge in [0.2, 0.25) is 0 Å². The van der Waals surface area contributed by atoms with Crippen molar-refractivity contribution in [1.82, 2.24) is 24.3 Å². The first kappa shape index (κ1) is 21.6. The molecule has 0 saturated heterocycles. The van der Waals surface area contributed by atoms with E-state index in [0.29, 0.717) is 65.6 Å². The van der Waals surface area contributed by atoms with Gasteiger partial charge >= 0.3 is 5.69 Å². The molecule has 11 heteroatoms. The Balaban J connectivity index is 1.44. The topological polar surface area (TPSA) is 108 Å². The van der Waals surface area contributed by atoms with E-state index in [4.69, 9.17) is 16.1 Å². The second-order valence-corrected chi connectivity index (χ2v) is 8.71. The lowest BCUT2D eigenvalue weighted by Gasteiger charge is -2.14. The van der Waals surface area contributed by atoms with Crippen molar-refractivity contribution in [1.29, 1.82) is 0 Å². The normalized spacial score (nSPS) is 12.9. The molecule has 0 aliphatic carbocycles. The van der Waals surface area contributed by atoms with Gasteiger partial charge in [-0.25, -0.2) is 14.8 Å². The molecule has 0 radical (unpaired) electrons. The Morgan fingerprint density at radius 3 is 2.74 bits per heavy atom. The summed E-state index contributed by atoms with van der Waals surface area (Å²) in [5.41, 5.74) is -0.107. The van der Waals surface area contributed by atoms with E-state index in [9.17, 15) is 9.59 Å². The molecule has 0 aromatic carbocycles. The molecule has 0 fully saturated rings. The molecule has 31 heavy (non-hydrogen) atoms. The SMILES string of the molecule is CCCCCn1c2c(c(=O)n(CCCCc3noc(-c4nccs4)n3)c1=O)CC(Cl)=N2. The highest BCUT2D eigenvalue weighted by atomic mass is 35.5. The summed E-state index contributed by atoms with van der Waals surface area (Å²) >= 11 is 7.52. The summed E-state index contributed by atoms with van der Waals surface area (Å²) in [7, 11) is 0. The van der Waals surface area contributed by atoms with Crippen molar-refractivity contribution in [2.75, 3.05) is 0 Å². The Bertz CT molecular complexity index is 1190. The zero-order valence-electron chi connectivity index (χ0n) is 17.2. The van der Waals surface area contributed by atoms with Gasteiger partial charge in [-0.1, -0.05) is 36.5 Å². The molecule has 0 atom stereocenters. The van der Waals surface area contributed by atoms with Crippen molar-refractivity contribution in [3.8, 4) is 10.9 Å². The maximum Gasteiger partial charge on any atom is 0.332 e. The first-order valence-electron chi connectivity index (χ1n) is 10.4. The van der Waals surface area contributed by atoms with E-state index >= 15 is 0 Å². The van der Waals surface area contributed by atoms with Crippen LogP contribution in [0.5, 0.6) is 0 Å². The molecule has 1 aliphatic rings. The molecule has 3 aromatic rings. The second kappa shape index (κ2) is 9.69. The van der Waals surface area contributed by atoms with Gasteiger partial charge in [0.05, 0.1) is 5.56 Å². The standard InChI is InChI=1S/C20H23ClN6O3S/c1-2-3-5-9-26-16-13(12-14(21)23-16)19(28)27(20(26)29)10-6-4-7-15-24-17(30-25-15)18-22-8-11-31-18/h8,11H,2-7,9-10,12H2,1H3. The zero-order valence-corrected chi connectivity index (χ0v) is 18.8. The van der Waals surface area contributed by atoms with Crippen molar-refractivity contribution < 1.29 is 4.52 Å². The smallest absolute Gasteiger partial charge is 0.331 e. The van der Waals surface area contributed by atoms with Gasteiger partial charge in [0.25, 0.3) is 11.4 Å². The van der Waals surface area contributed by atoms with Crippen LogP contribution in [0.3, 0.4) is 0 Å². The largest absolute Gasteiger partial charge is 0.332 e. The summed E-state index contributed by atoms with van der Waals surface area (Å²) in [5.74, 6) is 1.42. The van der Waals surface area contributed by atoms with Gasteiger partial charge in [0, 0.05) is 37.5 Å². The van der Waals surface area contributed by atoms with E-state index in [-0.39, 0.29) is 17.7 Å². The summed E-state index contributed by atoms with van der Waals surface area (Å²) in [6.07, 6.45) is 6.82. The van der Waals surface area contributed by atoms with Gasteiger partial charge in [-0.3, -0.25) is 13.9 Å². The molecule has 9 nitrogen and oxygen atoms in total. The van der Waals surface area contributed by atoms with Gasteiger partial charge in [-0.05, 0) is 19.3 Å². The summed E-state index contributed by atoms with van der Waals surface area (Å²) in [6, 6.07) is 0. The van der Waals surface area contributed by atoms with E-state index in [1.165, 1.54) is 15.9 Å². The molecule has 0 unspecified atom stereocenters. The first-order valence-corrected chi connectivity index (χ1v) is 11.7. The summed E-state index contributed by atoms with van der Waals surface area (Å²) in [5, 5.41) is 6.86. The minimum atomic E-state index is -0.319. The van der Waals surface area contributed by atoms with Crippen molar-refractivity contribution in [3.63, 3.8) is 0 Å².